The van der Waals surface area contributed by atoms with Crippen LogP contribution in [0.3, 0.4) is 0 Å². The van der Waals surface area contributed by atoms with Gasteiger partial charge in [-0.15, -0.1) is 0 Å². The molecule has 122 valence electrons. The molecule has 1 heterocycles. The number of rotatable bonds is 1. The molecule has 6 heteroatoms. The summed E-state index contributed by atoms with van der Waals surface area (Å²) in [5.41, 5.74) is 0.233. The molecular weight excluding hydrogens is 318 g/mol. The van der Waals surface area contributed by atoms with Gasteiger partial charge in [0.05, 0.1) is 34.9 Å². The number of piperidine rings is 1. The van der Waals surface area contributed by atoms with E-state index in [1.54, 1.807) is 4.90 Å². The Morgan fingerprint density at radius 2 is 1.91 bits per heavy atom. The average molecular weight is 336 g/mol. The smallest absolute Gasteiger partial charge is 0.256 e. The molecule has 1 aliphatic heterocycles. The van der Waals surface area contributed by atoms with Crippen molar-refractivity contribution >= 4 is 17.5 Å². The summed E-state index contributed by atoms with van der Waals surface area (Å²) >= 11 is 6.15. The van der Waals surface area contributed by atoms with Gasteiger partial charge in [0, 0.05) is 0 Å². The van der Waals surface area contributed by atoms with Crippen LogP contribution < -0.4 is 0 Å². The van der Waals surface area contributed by atoms with Crippen LogP contribution in [0.5, 0.6) is 5.75 Å². The molecule has 3 aliphatic carbocycles. The maximum atomic E-state index is 13.1. The number of benzene rings is 1. The van der Waals surface area contributed by atoms with Crippen molar-refractivity contribution in [3.63, 3.8) is 0 Å². The van der Waals surface area contributed by atoms with Gasteiger partial charge in [-0.1, -0.05) is 11.6 Å². The van der Waals surface area contributed by atoms with E-state index in [9.17, 15) is 20.1 Å². The lowest BCUT2D eigenvalue weighted by molar-refractivity contribution is -0.0836. The predicted molar refractivity (Wildman–Crippen MR) is 82.1 cm³/mol. The van der Waals surface area contributed by atoms with Crippen LogP contribution in [0.15, 0.2) is 18.2 Å². The maximum absolute atomic E-state index is 13.1. The van der Waals surface area contributed by atoms with Crippen LogP contribution in [0, 0.1) is 23.7 Å². The molecule has 3 saturated carbocycles. The van der Waals surface area contributed by atoms with Gasteiger partial charge in [-0.05, 0) is 54.7 Å². The molecule has 23 heavy (non-hydrogen) atoms. The Hall–Kier alpha value is -1.30. The van der Waals surface area contributed by atoms with Crippen molar-refractivity contribution in [2.45, 2.75) is 37.1 Å². The highest BCUT2D eigenvalue weighted by atomic mass is 35.5. The zero-order valence-corrected chi connectivity index (χ0v) is 13.1. The van der Waals surface area contributed by atoms with Crippen molar-refractivity contribution in [2.75, 3.05) is 0 Å². The van der Waals surface area contributed by atoms with E-state index >= 15 is 0 Å². The van der Waals surface area contributed by atoms with E-state index in [0.29, 0.717) is 5.92 Å². The van der Waals surface area contributed by atoms with Crippen LogP contribution in [0.4, 0.5) is 0 Å². The molecule has 1 amide bonds. The average Bonchev–Trinajstić information content (AvgIpc) is 3.08. The van der Waals surface area contributed by atoms with Gasteiger partial charge in [0.25, 0.3) is 5.91 Å². The van der Waals surface area contributed by atoms with Gasteiger partial charge in [0.1, 0.15) is 5.75 Å². The quantitative estimate of drug-likeness (QED) is 0.721. The molecule has 8 atom stereocenters. The third-order valence-electron chi connectivity index (χ3n) is 6.71. The molecule has 0 unspecified atom stereocenters. The number of likely N-dealkylation sites (tertiary alicyclic amines) is 1. The summed E-state index contributed by atoms with van der Waals surface area (Å²) in [6, 6.07) is 3.81. The van der Waals surface area contributed by atoms with E-state index in [1.807, 2.05) is 0 Å². The molecule has 4 fully saturated rings. The van der Waals surface area contributed by atoms with E-state index in [4.69, 9.17) is 11.6 Å². The van der Waals surface area contributed by atoms with Crippen molar-refractivity contribution in [2.24, 2.45) is 23.7 Å². The highest BCUT2D eigenvalue weighted by Gasteiger charge is 2.70. The van der Waals surface area contributed by atoms with Crippen molar-refractivity contribution < 1.29 is 20.1 Å². The normalized spacial score (nSPS) is 46.0. The van der Waals surface area contributed by atoms with Crippen LogP contribution in [0.1, 0.15) is 23.2 Å². The molecule has 5 nitrogen and oxygen atoms in total. The van der Waals surface area contributed by atoms with E-state index in [1.165, 1.54) is 18.2 Å². The molecule has 5 rings (SSSR count). The van der Waals surface area contributed by atoms with Crippen LogP contribution in [-0.4, -0.2) is 50.4 Å². The molecule has 3 N–H and O–H groups in total. The minimum atomic E-state index is -0.515. The summed E-state index contributed by atoms with van der Waals surface area (Å²) in [6.07, 6.45) is 0.614. The summed E-state index contributed by atoms with van der Waals surface area (Å²) in [6.45, 7) is 0. The zero-order valence-electron chi connectivity index (χ0n) is 12.3. The highest BCUT2D eigenvalue weighted by Crippen LogP contribution is 2.64. The predicted octanol–water partition coefficient (Wildman–Crippen LogP) is 1.25. The van der Waals surface area contributed by atoms with E-state index < -0.39 is 12.2 Å². The van der Waals surface area contributed by atoms with Gasteiger partial charge in [0.2, 0.25) is 0 Å². The van der Waals surface area contributed by atoms with Gasteiger partial charge in [-0.2, -0.15) is 0 Å². The second-order valence-corrected chi connectivity index (χ2v) is 7.86. The van der Waals surface area contributed by atoms with Crippen molar-refractivity contribution in [1.29, 1.82) is 0 Å². The zero-order chi connectivity index (χ0) is 16.0. The Labute approximate surface area is 138 Å². The van der Waals surface area contributed by atoms with Gasteiger partial charge in [0.15, 0.2) is 0 Å². The fraction of sp³-hybridized carbons (Fsp3) is 0.588. The first-order valence-corrected chi connectivity index (χ1v) is 8.54. The maximum Gasteiger partial charge on any atom is 0.256 e. The molecule has 1 aromatic rings. The molecule has 0 spiro atoms. The number of aromatic hydroxyl groups is 1. The van der Waals surface area contributed by atoms with E-state index in [-0.39, 0.29) is 52.1 Å². The van der Waals surface area contributed by atoms with Crippen LogP contribution in [0.2, 0.25) is 5.02 Å². The first-order valence-electron chi connectivity index (χ1n) is 8.16. The SMILES string of the molecule is O=C(c1cc(O)ccc1Cl)N1[C@@H]2[C@@H](O)[C@@H]3C[C@H]2[C@H]2[C@H](O)[C@@H]1C[C@H]32. The number of phenols is 1. The number of fused-ring (bicyclic) bond motifs is 3. The fourth-order valence-electron chi connectivity index (χ4n) is 6.00. The van der Waals surface area contributed by atoms with Gasteiger partial charge < -0.3 is 20.2 Å². The van der Waals surface area contributed by atoms with Gasteiger partial charge >= 0.3 is 0 Å². The molecular formula is C17H18ClNO4. The number of halogens is 1. The lowest BCUT2D eigenvalue weighted by Gasteiger charge is -2.48. The standard InChI is InChI=1S/C17H18ClNO4/c18-11-2-1-6(20)3-9(11)17(23)19-12-5-7-8-4-10(13(7)16(12)22)14(19)15(8)21/h1-3,7-8,10,12-16,20-22H,4-5H2/t7-,8-,10+,12+,13+,14+,15+,16-/m1/s1. The van der Waals surface area contributed by atoms with Crippen LogP contribution in [-0.2, 0) is 0 Å². The molecule has 4 bridgehead atoms. The van der Waals surface area contributed by atoms with Crippen LogP contribution in [0.25, 0.3) is 0 Å². The van der Waals surface area contributed by atoms with Gasteiger partial charge in [-0.3, -0.25) is 4.79 Å². The number of nitrogens with zero attached hydrogens (tertiary/aromatic N) is 1. The summed E-state index contributed by atoms with van der Waals surface area (Å²) in [5.74, 6) is 0.603. The Balaban J connectivity index is 1.60. The third-order valence-corrected chi connectivity index (χ3v) is 7.04. The summed E-state index contributed by atoms with van der Waals surface area (Å²) in [5, 5.41) is 31.3. The van der Waals surface area contributed by atoms with E-state index in [2.05, 4.69) is 0 Å². The summed E-state index contributed by atoms with van der Waals surface area (Å²) < 4.78 is 0. The molecule has 4 aliphatic rings. The number of hydrogen-bond acceptors (Lipinski definition) is 4. The number of aliphatic hydroxyl groups excluding tert-OH is 2. The number of hydrogen-bond donors (Lipinski definition) is 3. The molecule has 1 saturated heterocycles. The Morgan fingerprint density at radius 1 is 1.13 bits per heavy atom. The number of phenolic OH excluding ortho intramolecular Hbond substituents is 1. The first kappa shape index (κ1) is 14.1. The van der Waals surface area contributed by atoms with E-state index in [0.717, 1.165) is 12.8 Å². The summed E-state index contributed by atoms with van der Waals surface area (Å²) in [4.78, 5) is 14.8. The Kier molecular flexibility index (Phi) is 2.70. The second kappa shape index (κ2) is 4.41. The Morgan fingerprint density at radius 3 is 2.70 bits per heavy atom. The Bertz CT molecular complexity index is 710. The number of amides is 1. The summed E-state index contributed by atoms with van der Waals surface area (Å²) in [7, 11) is 0. The van der Waals surface area contributed by atoms with Gasteiger partial charge in [-0.25, -0.2) is 0 Å². The molecule has 0 aromatic heterocycles. The van der Waals surface area contributed by atoms with Crippen molar-refractivity contribution in [3.05, 3.63) is 28.8 Å². The minimum Gasteiger partial charge on any atom is -0.508 e. The lowest BCUT2D eigenvalue weighted by Crippen LogP contribution is -2.62. The molecule has 1 aromatic carbocycles. The van der Waals surface area contributed by atoms with Crippen LogP contribution >= 0.6 is 11.6 Å². The van der Waals surface area contributed by atoms with Crippen molar-refractivity contribution in [3.8, 4) is 5.75 Å². The third kappa shape index (κ3) is 1.58. The number of carbonyl (C=O) groups is 1. The molecule has 0 radical (unpaired) electrons. The minimum absolute atomic E-state index is 0.0197. The fourth-order valence-corrected chi connectivity index (χ4v) is 6.20. The van der Waals surface area contributed by atoms with Crippen molar-refractivity contribution in [1.82, 2.24) is 4.90 Å². The highest BCUT2D eigenvalue weighted by molar-refractivity contribution is 6.33. The largest absolute Gasteiger partial charge is 0.508 e. The second-order valence-electron chi connectivity index (χ2n) is 7.46. The number of aliphatic hydroxyl groups is 2. The number of carbonyl (C=O) groups excluding carboxylic acids is 1. The topological polar surface area (TPSA) is 81.0 Å². The monoisotopic (exact) mass is 335 g/mol. The lowest BCUT2D eigenvalue weighted by atomic mass is 9.75. The first-order chi connectivity index (χ1) is 11.0.